The maximum absolute atomic E-state index is 2.40. The van der Waals surface area contributed by atoms with E-state index in [0.717, 1.165) is 6.54 Å². The molecule has 0 unspecified atom stereocenters. The van der Waals surface area contributed by atoms with Gasteiger partial charge in [-0.15, -0.1) is 0 Å². The van der Waals surface area contributed by atoms with Gasteiger partial charge < -0.3 is 4.57 Å². The number of rotatable bonds is 5. The standard InChI is InChI=1S/C28H25NSi/c1-2-29-27-11-7-6-10-25(27)26-20-22(16-19-28(26)29)13-12-21-14-17-24(18-15-21)30-23-8-4-3-5-9-23/h3-20H,2,30H2,1H3. The van der Waals surface area contributed by atoms with Crippen LogP contribution in [0.1, 0.15) is 18.1 Å². The second kappa shape index (κ2) is 8.17. The molecule has 0 radical (unpaired) electrons. The summed E-state index contributed by atoms with van der Waals surface area (Å²) >= 11 is 0. The molecule has 0 fully saturated rings. The molecule has 0 spiro atoms. The molecule has 0 atom stereocenters. The van der Waals surface area contributed by atoms with Gasteiger partial charge in [-0.3, -0.25) is 0 Å². The van der Waals surface area contributed by atoms with E-state index >= 15 is 0 Å². The fraction of sp³-hybridized carbons (Fsp3) is 0.0714. The van der Waals surface area contributed by atoms with Crippen molar-refractivity contribution in [2.45, 2.75) is 13.5 Å². The monoisotopic (exact) mass is 403 g/mol. The normalized spacial score (nSPS) is 12.0. The molecule has 0 N–H and O–H groups in total. The van der Waals surface area contributed by atoms with Gasteiger partial charge in [0.25, 0.3) is 0 Å². The summed E-state index contributed by atoms with van der Waals surface area (Å²) in [6, 6.07) is 35.4. The van der Waals surface area contributed by atoms with Gasteiger partial charge >= 0.3 is 0 Å². The van der Waals surface area contributed by atoms with Crippen molar-refractivity contribution in [2.24, 2.45) is 0 Å². The molecule has 5 aromatic rings. The Kier molecular flexibility index (Phi) is 5.08. The molecule has 30 heavy (non-hydrogen) atoms. The third-order valence-corrected chi connectivity index (χ3v) is 7.57. The Balaban J connectivity index is 1.40. The van der Waals surface area contributed by atoms with Crippen molar-refractivity contribution in [2.75, 3.05) is 0 Å². The minimum atomic E-state index is -0.385. The van der Waals surface area contributed by atoms with Crippen LogP contribution < -0.4 is 10.4 Å². The quantitative estimate of drug-likeness (QED) is 0.284. The van der Waals surface area contributed by atoms with Crippen LogP contribution in [0.4, 0.5) is 0 Å². The zero-order chi connectivity index (χ0) is 20.3. The molecule has 0 bridgehead atoms. The van der Waals surface area contributed by atoms with Gasteiger partial charge in [-0.1, -0.05) is 101 Å². The number of hydrogen-bond acceptors (Lipinski definition) is 0. The molecule has 1 heterocycles. The van der Waals surface area contributed by atoms with Crippen molar-refractivity contribution in [3.63, 3.8) is 0 Å². The first-order valence-corrected chi connectivity index (χ1v) is 12.0. The molecule has 4 aromatic carbocycles. The molecular weight excluding hydrogens is 378 g/mol. The second-order valence-corrected chi connectivity index (χ2v) is 9.76. The van der Waals surface area contributed by atoms with E-state index in [9.17, 15) is 0 Å². The second-order valence-electron chi connectivity index (χ2n) is 7.78. The van der Waals surface area contributed by atoms with Crippen molar-refractivity contribution in [3.8, 4) is 0 Å². The van der Waals surface area contributed by atoms with Gasteiger partial charge in [0.1, 0.15) is 0 Å². The van der Waals surface area contributed by atoms with Crippen LogP contribution in [0.15, 0.2) is 97.1 Å². The summed E-state index contributed by atoms with van der Waals surface area (Å²) in [6.45, 7) is 3.20. The van der Waals surface area contributed by atoms with Crippen LogP contribution in [0.5, 0.6) is 0 Å². The zero-order valence-corrected chi connectivity index (χ0v) is 18.7. The number of para-hydroxylation sites is 1. The van der Waals surface area contributed by atoms with Crippen LogP contribution in [-0.4, -0.2) is 14.1 Å². The lowest BCUT2D eigenvalue weighted by molar-refractivity contribution is 0.827. The molecule has 0 aliphatic rings. The summed E-state index contributed by atoms with van der Waals surface area (Å²) in [5.41, 5.74) is 5.11. The Morgan fingerprint density at radius 2 is 1.27 bits per heavy atom. The summed E-state index contributed by atoms with van der Waals surface area (Å²) in [4.78, 5) is 0. The van der Waals surface area contributed by atoms with E-state index in [1.807, 2.05) is 0 Å². The Labute approximate surface area is 180 Å². The minimum Gasteiger partial charge on any atom is -0.341 e. The van der Waals surface area contributed by atoms with Crippen molar-refractivity contribution in [1.29, 1.82) is 0 Å². The van der Waals surface area contributed by atoms with Crippen molar-refractivity contribution in [3.05, 3.63) is 108 Å². The van der Waals surface area contributed by atoms with E-state index in [2.05, 4.69) is 121 Å². The average Bonchev–Trinajstić information content (AvgIpc) is 3.12. The predicted octanol–water partition coefficient (Wildman–Crippen LogP) is 5.10. The Hall–Kier alpha value is -3.36. The summed E-state index contributed by atoms with van der Waals surface area (Å²) < 4.78 is 2.40. The number of aromatic nitrogens is 1. The summed E-state index contributed by atoms with van der Waals surface area (Å²) in [7, 11) is -0.385. The maximum Gasteiger partial charge on any atom is 0.0875 e. The molecule has 1 aromatic heterocycles. The molecule has 0 aliphatic carbocycles. The van der Waals surface area contributed by atoms with E-state index in [0.29, 0.717) is 0 Å². The molecule has 0 saturated heterocycles. The first kappa shape index (κ1) is 18.7. The molecule has 0 amide bonds. The smallest absolute Gasteiger partial charge is 0.0875 e. The fourth-order valence-electron chi connectivity index (χ4n) is 4.29. The Morgan fingerprint density at radius 1 is 0.633 bits per heavy atom. The molecule has 146 valence electrons. The van der Waals surface area contributed by atoms with Crippen LogP contribution in [0.2, 0.25) is 0 Å². The van der Waals surface area contributed by atoms with Crippen molar-refractivity contribution >= 4 is 53.9 Å². The molecule has 1 nitrogen and oxygen atoms in total. The lowest BCUT2D eigenvalue weighted by Gasteiger charge is -2.03. The van der Waals surface area contributed by atoms with E-state index in [-0.39, 0.29) is 9.52 Å². The third kappa shape index (κ3) is 3.62. The number of hydrogen-bond donors (Lipinski definition) is 0. The molecule has 2 heteroatoms. The lowest BCUT2D eigenvalue weighted by Crippen LogP contribution is -2.26. The maximum atomic E-state index is 2.40. The van der Waals surface area contributed by atoms with Crippen LogP contribution >= 0.6 is 0 Å². The van der Waals surface area contributed by atoms with Gasteiger partial charge in [0.15, 0.2) is 0 Å². The Morgan fingerprint density at radius 3 is 2.07 bits per heavy atom. The van der Waals surface area contributed by atoms with Crippen LogP contribution in [0.3, 0.4) is 0 Å². The lowest BCUT2D eigenvalue weighted by atomic mass is 10.1. The first-order chi connectivity index (χ1) is 14.8. The van der Waals surface area contributed by atoms with Gasteiger partial charge in [0.05, 0.1) is 9.52 Å². The first-order valence-electron chi connectivity index (χ1n) is 10.6. The minimum absolute atomic E-state index is 0.385. The van der Waals surface area contributed by atoms with Gasteiger partial charge in [-0.25, -0.2) is 0 Å². The van der Waals surface area contributed by atoms with Gasteiger partial charge in [0.2, 0.25) is 0 Å². The zero-order valence-electron chi connectivity index (χ0n) is 17.3. The largest absolute Gasteiger partial charge is 0.341 e. The number of benzene rings is 4. The molecule has 0 aliphatic heterocycles. The summed E-state index contributed by atoms with van der Waals surface area (Å²) in [5, 5.41) is 5.63. The highest BCUT2D eigenvalue weighted by molar-refractivity contribution is 6.67. The van der Waals surface area contributed by atoms with Crippen LogP contribution in [0.25, 0.3) is 34.0 Å². The van der Waals surface area contributed by atoms with Crippen molar-refractivity contribution < 1.29 is 0 Å². The highest BCUT2D eigenvalue weighted by atomic mass is 28.2. The number of fused-ring (bicyclic) bond motifs is 3. The molecule has 0 saturated carbocycles. The highest BCUT2D eigenvalue weighted by Gasteiger charge is 2.08. The molecular formula is C28H25NSi. The van der Waals surface area contributed by atoms with E-state index in [4.69, 9.17) is 0 Å². The topological polar surface area (TPSA) is 4.93 Å². The third-order valence-electron chi connectivity index (χ3n) is 5.81. The number of aryl methyl sites for hydroxylation is 1. The van der Waals surface area contributed by atoms with E-state index in [1.165, 1.54) is 43.3 Å². The van der Waals surface area contributed by atoms with Crippen LogP contribution in [-0.2, 0) is 6.54 Å². The average molecular weight is 404 g/mol. The van der Waals surface area contributed by atoms with Crippen LogP contribution in [0, 0.1) is 0 Å². The highest BCUT2D eigenvalue weighted by Crippen LogP contribution is 2.30. The van der Waals surface area contributed by atoms with E-state index in [1.54, 1.807) is 0 Å². The van der Waals surface area contributed by atoms with Gasteiger partial charge in [-0.05, 0) is 36.2 Å². The summed E-state index contributed by atoms with van der Waals surface area (Å²) in [6.07, 6.45) is 4.44. The molecule has 5 rings (SSSR count). The number of nitrogens with zero attached hydrogens (tertiary/aromatic N) is 1. The van der Waals surface area contributed by atoms with E-state index < -0.39 is 0 Å². The van der Waals surface area contributed by atoms with Gasteiger partial charge in [-0.2, -0.15) is 0 Å². The summed E-state index contributed by atoms with van der Waals surface area (Å²) in [5.74, 6) is 0. The van der Waals surface area contributed by atoms with Crippen molar-refractivity contribution in [1.82, 2.24) is 4.57 Å². The van der Waals surface area contributed by atoms with Gasteiger partial charge in [0, 0.05) is 28.4 Å². The predicted molar refractivity (Wildman–Crippen MR) is 135 cm³/mol. The fourth-order valence-corrected chi connectivity index (χ4v) is 5.74. The Bertz CT molecular complexity index is 1330. The SMILES string of the molecule is CCn1c2ccccc2c2cc(C=Cc3ccc([SiH2]c4ccccc4)cc3)ccc21.